The summed E-state index contributed by atoms with van der Waals surface area (Å²) in [6.45, 7) is 10.4. The molecule has 0 amide bonds. The lowest BCUT2D eigenvalue weighted by molar-refractivity contribution is 0.340. The van der Waals surface area contributed by atoms with Crippen LogP contribution in [0.5, 0.6) is 11.5 Å². The molecule has 1 aromatic carbocycles. The molecule has 1 atom stereocenters. The summed E-state index contributed by atoms with van der Waals surface area (Å²) in [5, 5.41) is 0. The molecule has 0 radical (unpaired) electrons. The van der Waals surface area contributed by atoms with Crippen LogP contribution in [-0.2, 0) is 5.41 Å². The van der Waals surface area contributed by atoms with Gasteiger partial charge in [-0.05, 0) is 43.9 Å². The van der Waals surface area contributed by atoms with Crippen molar-refractivity contribution in [3.63, 3.8) is 0 Å². The smallest absolute Gasteiger partial charge is 0.161 e. The van der Waals surface area contributed by atoms with Gasteiger partial charge in [-0.3, -0.25) is 0 Å². The van der Waals surface area contributed by atoms with Gasteiger partial charge < -0.3 is 9.47 Å². The molecule has 0 N–H and O–H groups in total. The molecule has 0 heterocycles. The van der Waals surface area contributed by atoms with Crippen molar-refractivity contribution in [2.75, 3.05) is 14.2 Å². The number of rotatable bonds is 5. The summed E-state index contributed by atoms with van der Waals surface area (Å²) in [6.07, 6.45) is 3.19. The van der Waals surface area contributed by atoms with Crippen molar-refractivity contribution in [1.29, 1.82) is 0 Å². The van der Waals surface area contributed by atoms with E-state index in [0.29, 0.717) is 0 Å². The minimum Gasteiger partial charge on any atom is -0.493 e. The third-order valence-corrected chi connectivity index (χ3v) is 4.07. The van der Waals surface area contributed by atoms with E-state index in [1.807, 2.05) is 6.07 Å². The van der Waals surface area contributed by atoms with Crippen LogP contribution in [0.3, 0.4) is 0 Å². The average molecular weight is 258 g/mol. The molecule has 0 aliphatic heterocycles. The first-order chi connectivity index (χ1) is 9.03. The first-order valence-electron chi connectivity index (χ1n) is 6.58. The summed E-state index contributed by atoms with van der Waals surface area (Å²) in [6, 6.07) is 6.17. The molecule has 1 aromatic rings. The molecule has 0 spiro atoms. The van der Waals surface area contributed by atoms with Gasteiger partial charge in [0.15, 0.2) is 11.5 Å². The van der Waals surface area contributed by atoms with Gasteiger partial charge in [0.05, 0.1) is 14.2 Å². The Morgan fingerprint density at radius 3 is 2.37 bits per heavy atom. The minimum atomic E-state index is 0.0470. The molecule has 0 unspecified atom stereocenters. The number of ether oxygens (including phenoxy) is 2. The minimum absolute atomic E-state index is 0.0470. The van der Waals surface area contributed by atoms with Crippen molar-refractivity contribution >= 4 is 0 Å². The quantitative estimate of drug-likeness (QED) is 0.735. The van der Waals surface area contributed by atoms with Crippen LogP contribution in [-0.4, -0.2) is 14.2 Å². The Labute approximate surface area is 115 Å². The van der Waals surface area contributed by atoms with Crippen LogP contribution in [0.4, 0.5) is 0 Å². The van der Waals surface area contributed by atoms with Crippen molar-refractivity contribution in [3.05, 3.63) is 48.1 Å². The lowest BCUT2D eigenvalue weighted by atomic mass is 9.58. The van der Waals surface area contributed by atoms with E-state index in [0.717, 1.165) is 30.8 Å². The van der Waals surface area contributed by atoms with Gasteiger partial charge in [-0.2, -0.15) is 0 Å². The highest BCUT2D eigenvalue weighted by Gasteiger charge is 2.42. The zero-order chi connectivity index (χ0) is 14.0. The molecular formula is C17H22O2. The molecular weight excluding hydrogens is 236 g/mol. The standard InChI is InChI=1S/C17H22O2/c1-12(2)11-17(9-8-13(17)3)14-6-7-15(18-4)16(10-14)19-5/h6-7,10H,1,3,8-9,11H2,2,4-5H3/t17-/m1/s1. The van der Waals surface area contributed by atoms with E-state index in [1.165, 1.54) is 16.7 Å². The molecule has 1 aliphatic carbocycles. The number of allylic oxidation sites excluding steroid dienone is 2. The van der Waals surface area contributed by atoms with E-state index in [9.17, 15) is 0 Å². The summed E-state index contributed by atoms with van der Waals surface area (Å²) in [5.74, 6) is 1.54. The van der Waals surface area contributed by atoms with Crippen LogP contribution in [0.15, 0.2) is 42.5 Å². The monoisotopic (exact) mass is 258 g/mol. The third kappa shape index (κ3) is 2.27. The largest absolute Gasteiger partial charge is 0.493 e. The van der Waals surface area contributed by atoms with Crippen LogP contribution in [0, 0.1) is 0 Å². The molecule has 0 aromatic heterocycles. The summed E-state index contributed by atoms with van der Waals surface area (Å²) >= 11 is 0. The first-order valence-corrected chi connectivity index (χ1v) is 6.58. The van der Waals surface area contributed by atoms with E-state index < -0.39 is 0 Å². The summed E-state index contributed by atoms with van der Waals surface area (Å²) in [4.78, 5) is 0. The molecule has 19 heavy (non-hydrogen) atoms. The van der Waals surface area contributed by atoms with Crippen molar-refractivity contribution in [2.24, 2.45) is 0 Å². The fourth-order valence-corrected chi connectivity index (χ4v) is 2.92. The zero-order valence-corrected chi connectivity index (χ0v) is 12.1. The fourth-order valence-electron chi connectivity index (χ4n) is 2.92. The van der Waals surface area contributed by atoms with Gasteiger partial charge in [-0.1, -0.05) is 23.8 Å². The molecule has 2 rings (SSSR count). The molecule has 2 nitrogen and oxygen atoms in total. The highest BCUT2D eigenvalue weighted by molar-refractivity contribution is 5.50. The zero-order valence-electron chi connectivity index (χ0n) is 12.1. The van der Waals surface area contributed by atoms with Gasteiger partial charge >= 0.3 is 0 Å². The maximum absolute atomic E-state index is 5.40. The lowest BCUT2D eigenvalue weighted by Gasteiger charge is -2.45. The number of benzene rings is 1. The molecule has 1 fully saturated rings. The Kier molecular flexibility index (Phi) is 3.70. The Morgan fingerprint density at radius 1 is 1.26 bits per heavy atom. The average Bonchev–Trinajstić information content (AvgIpc) is 2.41. The lowest BCUT2D eigenvalue weighted by Crippen LogP contribution is -2.37. The second-order valence-electron chi connectivity index (χ2n) is 5.39. The van der Waals surface area contributed by atoms with Crippen LogP contribution < -0.4 is 9.47 Å². The molecule has 1 saturated carbocycles. The van der Waals surface area contributed by atoms with Crippen molar-refractivity contribution < 1.29 is 9.47 Å². The van der Waals surface area contributed by atoms with E-state index >= 15 is 0 Å². The number of hydrogen-bond acceptors (Lipinski definition) is 2. The fraction of sp³-hybridized carbons (Fsp3) is 0.412. The van der Waals surface area contributed by atoms with Crippen LogP contribution >= 0.6 is 0 Å². The predicted molar refractivity (Wildman–Crippen MR) is 79.0 cm³/mol. The molecule has 2 heteroatoms. The highest BCUT2D eigenvalue weighted by Crippen LogP contribution is 2.52. The van der Waals surface area contributed by atoms with Gasteiger partial charge in [0.1, 0.15) is 0 Å². The maximum Gasteiger partial charge on any atom is 0.161 e. The Balaban J connectivity index is 2.43. The van der Waals surface area contributed by atoms with Gasteiger partial charge in [-0.25, -0.2) is 0 Å². The van der Waals surface area contributed by atoms with Crippen LogP contribution in [0.1, 0.15) is 31.7 Å². The Morgan fingerprint density at radius 2 is 1.95 bits per heavy atom. The van der Waals surface area contributed by atoms with Gasteiger partial charge in [0.25, 0.3) is 0 Å². The van der Waals surface area contributed by atoms with Crippen LogP contribution in [0.2, 0.25) is 0 Å². The Hall–Kier alpha value is -1.70. The summed E-state index contributed by atoms with van der Waals surface area (Å²) < 4.78 is 10.7. The number of methoxy groups -OCH3 is 2. The first kappa shape index (κ1) is 13.7. The second-order valence-corrected chi connectivity index (χ2v) is 5.39. The summed E-state index contributed by atoms with van der Waals surface area (Å²) in [7, 11) is 3.33. The van der Waals surface area contributed by atoms with Gasteiger partial charge in [-0.15, -0.1) is 6.58 Å². The number of hydrogen-bond donors (Lipinski definition) is 0. The van der Waals surface area contributed by atoms with Gasteiger partial charge in [0.2, 0.25) is 0 Å². The summed E-state index contributed by atoms with van der Waals surface area (Å²) in [5.41, 5.74) is 3.79. The van der Waals surface area contributed by atoms with E-state index in [1.54, 1.807) is 14.2 Å². The highest BCUT2D eigenvalue weighted by atomic mass is 16.5. The molecule has 1 aliphatic rings. The van der Waals surface area contributed by atoms with Crippen molar-refractivity contribution in [2.45, 2.75) is 31.6 Å². The topological polar surface area (TPSA) is 18.5 Å². The Bertz CT molecular complexity index is 516. The molecule has 0 saturated heterocycles. The third-order valence-electron chi connectivity index (χ3n) is 4.07. The normalized spacial score (nSPS) is 21.7. The van der Waals surface area contributed by atoms with Crippen LogP contribution in [0.25, 0.3) is 0 Å². The second kappa shape index (κ2) is 5.12. The van der Waals surface area contributed by atoms with E-state index in [4.69, 9.17) is 9.47 Å². The van der Waals surface area contributed by atoms with E-state index in [-0.39, 0.29) is 5.41 Å². The van der Waals surface area contributed by atoms with Crippen molar-refractivity contribution in [1.82, 2.24) is 0 Å². The SMILES string of the molecule is C=C(C)C[C@]1(c2ccc(OC)c(OC)c2)CCC1=C. The molecule has 102 valence electrons. The van der Waals surface area contributed by atoms with E-state index in [2.05, 4.69) is 32.2 Å². The van der Waals surface area contributed by atoms with Gasteiger partial charge in [0, 0.05) is 5.41 Å². The molecule has 0 bridgehead atoms. The maximum atomic E-state index is 5.40. The van der Waals surface area contributed by atoms with Crippen molar-refractivity contribution in [3.8, 4) is 11.5 Å². The predicted octanol–water partition coefficient (Wildman–Crippen LogP) is 4.26.